The van der Waals surface area contributed by atoms with Crippen molar-refractivity contribution in [3.05, 3.63) is 0 Å². The number of nitrogens with zero attached hydrogens (tertiary/aromatic N) is 2. The van der Waals surface area contributed by atoms with Crippen LogP contribution in [0.15, 0.2) is 0 Å². The van der Waals surface area contributed by atoms with Gasteiger partial charge in [0.1, 0.15) is 0 Å². The summed E-state index contributed by atoms with van der Waals surface area (Å²) in [6.45, 7) is 11.6. The first-order chi connectivity index (χ1) is 12.0. The molecule has 0 aromatic carbocycles. The molecule has 2 saturated heterocycles. The van der Waals surface area contributed by atoms with Gasteiger partial charge in [0.25, 0.3) is 0 Å². The summed E-state index contributed by atoms with van der Waals surface area (Å²) in [6, 6.07) is 0.385. The fourth-order valence-corrected chi connectivity index (χ4v) is 3.44. The van der Waals surface area contributed by atoms with Crippen LogP contribution in [0.1, 0.15) is 65.2 Å². The van der Waals surface area contributed by atoms with Gasteiger partial charge in [-0.2, -0.15) is 0 Å². The van der Waals surface area contributed by atoms with Crippen molar-refractivity contribution in [2.45, 2.75) is 77.3 Å². The maximum atomic E-state index is 10.6. The van der Waals surface area contributed by atoms with Crippen LogP contribution >= 0.6 is 0 Å². The largest absolute Gasteiger partial charge is 0.352 e. The predicted octanol–water partition coefficient (Wildman–Crippen LogP) is 2.13. The molecule has 25 heavy (non-hydrogen) atoms. The molecule has 2 aliphatic rings. The highest BCUT2D eigenvalue weighted by atomic mass is 16.2. The molecule has 0 bridgehead atoms. The smallest absolute Gasteiger partial charge is 0.312 e. The SMILES string of the molecule is CCCCN1CCC(N)CC1.CCCCN1CCC(NC(N)=O)CC1. The van der Waals surface area contributed by atoms with Crippen molar-refractivity contribution in [3.63, 3.8) is 0 Å². The number of carbonyl (C=O) groups excluding carboxylic acids is 1. The molecule has 2 heterocycles. The summed E-state index contributed by atoms with van der Waals surface area (Å²) in [5.41, 5.74) is 10.9. The third-order valence-electron chi connectivity index (χ3n) is 5.22. The summed E-state index contributed by atoms with van der Waals surface area (Å²) in [5.74, 6) is 0. The Balaban J connectivity index is 0.000000257. The van der Waals surface area contributed by atoms with E-state index in [1.54, 1.807) is 0 Å². The van der Waals surface area contributed by atoms with Crippen molar-refractivity contribution in [2.24, 2.45) is 11.5 Å². The molecule has 6 heteroatoms. The zero-order valence-corrected chi connectivity index (χ0v) is 16.5. The van der Waals surface area contributed by atoms with Crippen molar-refractivity contribution in [1.29, 1.82) is 0 Å². The zero-order chi connectivity index (χ0) is 18.5. The Labute approximate surface area is 154 Å². The number of piperidine rings is 2. The number of carbonyl (C=O) groups is 1. The number of unbranched alkanes of at least 4 members (excludes halogenated alkanes) is 2. The summed E-state index contributed by atoms with van der Waals surface area (Å²) >= 11 is 0. The van der Waals surface area contributed by atoms with Crippen molar-refractivity contribution >= 4 is 6.03 Å². The van der Waals surface area contributed by atoms with Gasteiger partial charge in [-0.15, -0.1) is 0 Å². The summed E-state index contributed by atoms with van der Waals surface area (Å²) in [5, 5.41) is 2.77. The van der Waals surface area contributed by atoms with Gasteiger partial charge in [-0.25, -0.2) is 4.79 Å². The van der Waals surface area contributed by atoms with Gasteiger partial charge in [0.2, 0.25) is 0 Å². The molecule has 0 atom stereocenters. The van der Waals surface area contributed by atoms with Crippen LogP contribution in [0, 0.1) is 0 Å². The van der Waals surface area contributed by atoms with E-state index in [4.69, 9.17) is 11.5 Å². The van der Waals surface area contributed by atoms with Crippen LogP contribution < -0.4 is 16.8 Å². The first-order valence-electron chi connectivity index (χ1n) is 10.3. The third-order valence-corrected chi connectivity index (χ3v) is 5.22. The minimum Gasteiger partial charge on any atom is -0.352 e. The highest BCUT2D eigenvalue weighted by Gasteiger charge is 2.19. The van der Waals surface area contributed by atoms with Gasteiger partial charge in [0.15, 0.2) is 0 Å². The summed E-state index contributed by atoms with van der Waals surface area (Å²) in [4.78, 5) is 15.6. The molecule has 2 aliphatic heterocycles. The lowest BCUT2D eigenvalue weighted by atomic mass is 10.1. The van der Waals surface area contributed by atoms with Crippen molar-refractivity contribution in [2.75, 3.05) is 39.3 Å². The molecule has 0 spiro atoms. The molecular formula is C19H41N5O. The number of nitrogens with one attached hydrogen (secondary N) is 1. The van der Waals surface area contributed by atoms with E-state index < -0.39 is 6.03 Å². The highest BCUT2D eigenvalue weighted by molar-refractivity contribution is 5.71. The maximum Gasteiger partial charge on any atom is 0.312 e. The van der Waals surface area contributed by atoms with Gasteiger partial charge in [-0.3, -0.25) is 0 Å². The molecule has 0 saturated carbocycles. The molecule has 0 aromatic rings. The lowest BCUT2D eigenvalue weighted by molar-refractivity contribution is 0.193. The first-order valence-corrected chi connectivity index (χ1v) is 10.3. The molecule has 5 N–H and O–H groups in total. The Hall–Kier alpha value is -0.850. The molecule has 0 radical (unpaired) electrons. The lowest BCUT2D eigenvalue weighted by Crippen LogP contribution is -2.46. The van der Waals surface area contributed by atoms with E-state index in [0.717, 1.165) is 25.9 Å². The average molecular weight is 356 g/mol. The van der Waals surface area contributed by atoms with Crippen molar-refractivity contribution in [3.8, 4) is 0 Å². The summed E-state index contributed by atoms with van der Waals surface area (Å²) in [7, 11) is 0. The second kappa shape index (κ2) is 13.4. The standard InChI is InChI=1S/C10H21N3O.C9H20N2/c1-2-3-6-13-7-4-9(5-8-13)12-10(11)14;1-2-3-6-11-7-4-9(10)5-8-11/h9H,2-8H2,1H3,(H3,11,12,14);9H,2-8,10H2,1H3. The van der Waals surface area contributed by atoms with E-state index in [1.165, 1.54) is 64.7 Å². The summed E-state index contributed by atoms with van der Waals surface area (Å²) < 4.78 is 0. The van der Waals surface area contributed by atoms with E-state index in [9.17, 15) is 4.79 Å². The molecule has 148 valence electrons. The Morgan fingerprint density at radius 2 is 1.36 bits per heavy atom. The minimum absolute atomic E-state index is 0.297. The van der Waals surface area contributed by atoms with E-state index in [1.807, 2.05) is 0 Å². The number of urea groups is 1. The topological polar surface area (TPSA) is 87.6 Å². The van der Waals surface area contributed by atoms with Crippen LogP contribution in [0.3, 0.4) is 0 Å². The molecule has 0 unspecified atom stereocenters. The van der Waals surface area contributed by atoms with E-state index in [0.29, 0.717) is 12.1 Å². The molecule has 0 aliphatic carbocycles. The molecule has 2 rings (SSSR count). The Morgan fingerprint density at radius 3 is 1.76 bits per heavy atom. The van der Waals surface area contributed by atoms with Crippen LogP contribution in [0.25, 0.3) is 0 Å². The number of likely N-dealkylation sites (tertiary alicyclic amines) is 2. The van der Waals surface area contributed by atoms with E-state index >= 15 is 0 Å². The second-order valence-electron chi connectivity index (χ2n) is 7.51. The predicted molar refractivity (Wildman–Crippen MR) is 106 cm³/mol. The van der Waals surface area contributed by atoms with Gasteiger partial charge in [-0.05, 0) is 64.7 Å². The fourth-order valence-electron chi connectivity index (χ4n) is 3.44. The molecule has 6 nitrogen and oxygen atoms in total. The Kier molecular flexibility index (Phi) is 11.9. The second-order valence-corrected chi connectivity index (χ2v) is 7.51. The highest BCUT2D eigenvalue weighted by Crippen LogP contribution is 2.11. The minimum atomic E-state index is -0.392. The molecule has 2 amide bonds. The number of nitrogens with two attached hydrogens (primary N) is 2. The van der Waals surface area contributed by atoms with Crippen LogP contribution in [-0.2, 0) is 0 Å². The van der Waals surface area contributed by atoms with Crippen molar-refractivity contribution in [1.82, 2.24) is 15.1 Å². The molecular weight excluding hydrogens is 314 g/mol. The molecule has 0 aromatic heterocycles. The number of primary amides is 1. The third kappa shape index (κ3) is 10.7. The number of hydrogen-bond donors (Lipinski definition) is 3. The normalized spacial score (nSPS) is 20.8. The van der Waals surface area contributed by atoms with Crippen LogP contribution in [0.4, 0.5) is 4.79 Å². The maximum absolute atomic E-state index is 10.6. The van der Waals surface area contributed by atoms with Crippen LogP contribution in [0.2, 0.25) is 0 Å². The molecule has 2 fully saturated rings. The van der Waals surface area contributed by atoms with Gasteiger partial charge in [0.05, 0.1) is 0 Å². The number of amides is 2. The van der Waals surface area contributed by atoms with E-state index in [-0.39, 0.29) is 0 Å². The van der Waals surface area contributed by atoms with Gasteiger partial charge in [0, 0.05) is 25.2 Å². The average Bonchev–Trinajstić information content (AvgIpc) is 2.61. The van der Waals surface area contributed by atoms with Crippen LogP contribution in [-0.4, -0.2) is 67.2 Å². The summed E-state index contributed by atoms with van der Waals surface area (Å²) in [6.07, 6.45) is 9.64. The quantitative estimate of drug-likeness (QED) is 0.653. The fraction of sp³-hybridized carbons (Fsp3) is 0.947. The Morgan fingerprint density at radius 1 is 0.920 bits per heavy atom. The Bertz CT molecular complexity index is 334. The lowest BCUT2D eigenvalue weighted by Gasteiger charge is -2.31. The first kappa shape index (κ1) is 22.2. The van der Waals surface area contributed by atoms with Crippen LogP contribution in [0.5, 0.6) is 0 Å². The zero-order valence-electron chi connectivity index (χ0n) is 16.5. The van der Waals surface area contributed by atoms with Gasteiger partial charge >= 0.3 is 6.03 Å². The number of rotatable bonds is 7. The van der Waals surface area contributed by atoms with E-state index in [2.05, 4.69) is 29.0 Å². The van der Waals surface area contributed by atoms with Crippen molar-refractivity contribution < 1.29 is 4.79 Å². The van der Waals surface area contributed by atoms with Gasteiger partial charge < -0.3 is 26.6 Å². The van der Waals surface area contributed by atoms with Gasteiger partial charge in [-0.1, -0.05) is 26.7 Å². The number of hydrogen-bond acceptors (Lipinski definition) is 4. The monoisotopic (exact) mass is 355 g/mol.